The van der Waals surface area contributed by atoms with E-state index >= 15 is 0 Å². The van der Waals surface area contributed by atoms with Crippen LogP contribution in [0, 0.1) is 5.92 Å². The Balaban J connectivity index is 1.81. The zero-order valence-corrected chi connectivity index (χ0v) is 21.1. The van der Waals surface area contributed by atoms with Crippen molar-refractivity contribution in [2.75, 3.05) is 6.54 Å². The molecule has 0 bridgehead atoms. The average Bonchev–Trinajstić information content (AvgIpc) is 3.36. The molecule has 0 spiro atoms. The van der Waals surface area contributed by atoms with Gasteiger partial charge in [0.2, 0.25) is 0 Å². The highest BCUT2D eigenvalue weighted by atomic mass is 35.5. The summed E-state index contributed by atoms with van der Waals surface area (Å²) >= 11 is 6.58. The van der Waals surface area contributed by atoms with Crippen molar-refractivity contribution < 1.29 is 22.8 Å². The summed E-state index contributed by atoms with van der Waals surface area (Å²) in [5, 5.41) is 6.98. The van der Waals surface area contributed by atoms with Crippen molar-refractivity contribution in [3.8, 4) is 0 Å². The Morgan fingerprint density at radius 2 is 1.94 bits per heavy atom. The number of hydrogen-bond donors (Lipinski definition) is 2. The number of alkyl halides is 3. The lowest BCUT2D eigenvalue weighted by molar-refractivity contribution is -0.138. The van der Waals surface area contributed by atoms with Gasteiger partial charge in [-0.15, -0.1) is 0 Å². The molecule has 11 heteroatoms. The number of nitrogens with zero attached hydrogens (tertiary/aromatic N) is 2. The first kappa shape index (κ1) is 26.2. The van der Waals surface area contributed by atoms with Gasteiger partial charge in [-0.1, -0.05) is 37.6 Å². The van der Waals surface area contributed by atoms with E-state index in [0.29, 0.717) is 17.6 Å². The summed E-state index contributed by atoms with van der Waals surface area (Å²) in [5.74, 6) is -0.285. The number of allylic oxidation sites excluding steroid dienone is 1. The van der Waals surface area contributed by atoms with Gasteiger partial charge in [0.05, 0.1) is 22.2 Å². The Bertz CT molecular complexity index is 1350. The van der Waals surface area contributed by atoms with E-state index in [-0.39, 0.29) is 34.4 Å². The van der Waals surface area contributed by atoms with E-state index in [9.17, 15) is 22.8 Å². The Hall–Kier alpha value is -2.82. The van der Waals surface area contributed by atoms with Crippen LogP contribution in [0.3, 0.4) is 0 Å². The first-order valence-corrected chi connectivity index (χ1v) is 12.4. The van der Waals surface area contributed by atoms with E-state index in [4.69, 9.17) is 17.3 Å². The van der Waals surface area contributed by atoms with Crippen LogP contribution in [-0.4, -0.2) is 38.8 Å². The van der Waals surface area contributed by atoms with Gasteiger partial charge in [0.25, 0.3) is 11.1 Å². The van der Waals surface area contributed by atoms with Crippen LogP contribution in [0.5, 0.6) is 0 Å². The number of imide groups is 1. The van der Waals surface area contributed by atoms with Crippen molar-refractivity contribution in [1.29, 1.82) is 0 Å². The molecule has 190 valence electrons. The van der Waals surface area contributed by atoms with E-state index in [1.54, 1.807) is 24.4 Å². The zero-order valence-electron chi connectivity index (χ0n) is 19.5. The van der Waals surface area contributed by atoms with Gasteiger partial charge in [-0.25, -0.2) is 0 Å². The van der Waals surface area contributed by atoms with Crippen LogP contribution < -0.4 is 5.73 Å². The van der Waals surface area contributed by atoms with Gasteiger partial charge in [0.1, 0.15) is 0 Å². The number of aromatic nitrogens is 2. The zero-order chi connectivity index (χ0) is 26.2. The fourth-order valence-electron chi connectivity index (χ4n) is 4.26. The van der Waals surface area contributed by atoms with Crippen molar-refractivity contribution in [2.45, 2.75) is 38.9 Å². The number of benzene rings is 2. The molecule has 1 fully saturated rings. The summed E-state index contributed by atoms with van der Waals surface area (Å²) in [6.07, 6.45) is -2.69. The van der Waals surface area contributed by atoms with Gasteiger partial charge >= 0.3 is 6.18 Å². The number of aromatic amines is 1. The molecule has 1 aliphatic rings. The summed E-state index contributed by atoms with van der Waals surface area (Å²) in [7, 11) is 0. The minimum Gasteiger partial charge on any atom is -0.326 e. The number of thioether (sulfide) groups is 1. The van der Waals surface area contributed by atoms with E-state index in [1.165, 1.54) is 12.1 Å². The third kappa shape index (κ3) is 5.61. The number of hydrogen-bond acceptors (Lipinski definition) is 5. The molecule has 3 aromatic rings. The Kier molecular flexibility index (Phi) is 7.49. The van der Waals surface area contributed by atoms with Crippen molar-refractivity contribution in [3.05, 3.63) is 69.2 Å². The molecule has 1 saturated heterocycles. The van der Waals surface area contributed by atoms with E-state index in [0.717, 1.165) is 33.6 Å². The van der Waals surface area contributed by atoms with E-state index < -0.39 is 28.9 Å². The standard InChI is InChI=1S/C25H24ClF3N4O2S/c1-13(2)7-18(30)12-33-23(34)22(36-24(33)35)19(14-4-6-21-16(8-14)11-31-32-21)9-15-3-5-17(26)10-20(15)25(27,28)29/h3-6,8,10-11,13,18H,7,9,12,30H2,1-2H3,(H,31,32)/b22-19-/t18-/m1/s1. The molecule has 1 atom stereocenters. The molecule has 2 heterocycles. The summed E-state index contributed by atoms with van der Waals surface area (Å²) in [6, 6.07) is 8.28. The van der Waals surface area contributed by atoms with E-state index in [1.807, 2.05) is 13.8 Å². The summed E-state index contributed by atoms with van der Waals surface area (Å²) in [6.45, 7) is 4.01. The van der Waals surface area contributed by atoms with Gasteiger partial charge in [-0.3, -0.25) is 19.6 Å². The predicted molar refractivity (Wildman–Crippen MR) is 135 cm³/mol. The Morgan fingerprint density at radius 3 is 2.64 bits per heavy atom. The monoisotopic (exact) mass is 536 g/mol. The molecule has 6 nitrogen and oxygen atoms in total. The van der Waals surface area contributed by atoms with Crippen LogP contribution in [0.1, 0.15) is 37.0 Å². The van der Waals surface area contributed by atoms with E-state index in [2.05, 4.69) is 10.2 Å². The smallest absolute Gasteiger partial charge is 0.326 e. The lowest BCUT2D eigenvalue weighted by Crippen LogP contribution is -2.40. The number of amides is 2. The van der Waals surface area contributed by atoms with Crippen molar-refractivity contribution in [2.24, 2.45) is 11.7 Å². The summed E-state index contributed by atoms with van der Waals surface area (Å²) < 4.78 is 41.5. The maximum atomic E-state index is 13.8. The maximum absolute atomic E-state index is 13.8. The molecular weight excluding hydrogens is 513 g/mol. The third-order valence-corrected chi connectivity index (χ3v) is 7.10. The molecule has 3 N–H and O–H groups in total. The minimum atomic E-state index is -4.65. The molecule has 2 aromatic carbocycles. The minimum absolute atomic E-state index is 0.0368. The quantitative estimate of drug-likeness (QED) is 0.348. The number of carbonyl (C=O) groups excluding carboxylic acids is 2. The van der Waals surface area contributed by atoms with Gasteiger partial charge < -0.3 is 5.73 Å². The second-order valence-corrected chi connectivity index (χ2v) is 10.5. The van der Waals surface area contributed by atoms with Gasteiger partial charge in [0.15, 0.2) is 0 Å². The SMILES string of the molecule is CC(C)C[C@@H](N)CN1C(=O)S/C(=C(/Cc2ccc(Cl)cc2C(F)(F)F)c2ccc3[nH]ncc3c2)C1=O. The van der Waals surface area contributed by atoms with Gasteiger partial charge in [-0.05, 0) is 71.5 Å². The van der Waals surface area contributed by atoms with Crippen LogP contribution in [0.15, 0.2) is 47.5 Å². The van der Waals surface area contributed by atoms with Crippen LogP contribution in [0.4, 0.5) is 18.0 Å². The average molecular weight is 537 g/mol. The maximum Gasteiger partial charge on any atom is 0.416 e. The second kappa shape index (κ2) is 10.3. The number of H-pyrrole nitrogens is 1. The molecule has 36 heavy (non-hydrogen) atoms. The number of nitrogens with one attached hydrogen (secondary N) is 1. The summed E-state index contributed by atoms with van der Waals surface area (Å²) in [5.41, 5.74) is 6.76. The molecule has 0 aliphatic carbocycles. The highest BCUT2D eigenvalue weighted by Crippen LogP contribution is 2.41. The molecule has 1 aliphatic heterocycles. The van der Waals surface area contributed by atoms with Crippen molar-refractivity contribution >= 4 is 51.0 Å². The topological polar surface area (TPSA) is 92.1 Å². The third-order valence-electron chi connectivity index (χ3n) is 5.85. The number of rotatable bonds is 7. The first-order chi connectivity index (χ1) is 16.9. The fourth-order valence-corrected chi connectivity index (χ4v) is 5.38. The highest BCUT2D eigenvalue weighted by molar-refractivity contribution is 8.18. The normalized spacial score (nSPS) is 16.9. The van der Waals surface area contributed by atoms with Gasteiger partial charge in [-0.2, -0.15) is 18.3 Å². The van der Waals surface area contributed by atoms with Crippen LogP contribution in [0.2, 0.25) is 5.02 Å². The largest absolute Gasteiger partial charge is 0.416 e. The van der Waals surface area contributed by atoms with Crippen molar-refractivity contribution in [1.82, 2.24) is 15.1 Å². The Morgan fingerprint density at radius 1 is 1.19 bits per heavy atom. The summed E-state index contributed by atoms with van der Waals surface area (Å²) in [4.78, 5) is 27.4. The molecule has 0 saturated carbocycles. The first-order valence-electron chi connectivity index (χ1n) is 11.3. The molecule has 2 amide bonds. The van der Waals surface area contributed by atoms with Crippen LogP contribution in [0.25, 0.3) is 16.5 Å². The van der Waals surface area contributed by atoms with Crippen molar-refractivity contribution in [3.63, 3.8) is 0 Å². The molecule has 1 aromatic heterocycles. The molecule has 0 radical (unpaired) electrons. The second-order valence-electron chi connectivity index (χ2n) is 9.13. The van der Waals surface area contributed by atoms with Crippen LogP contribution in [-0.2, 0) is 17.4 Å². The number of halogens is 4. The lowest BCUT2D eigenvalue weighted by Gasteiger charge is -2.20. The highest BCUT2D eigenvalue weighted by Gasteiger charge is 2.39. The number of fused-ring (bicyclic) bond motifs is 1. The van der Waals surface area contributed by atoms with Gasteiger partial charge in [0, 0.05) is 23.0 Å². The Labute approximate surface area is 215 Å². The number of carbonyl (C=O) groups is 2. The predicted octanol–water partition coefficient (Wildman–Crippen LogP) is 6.26. The van der Waals surface area contributed by atoms with Crippen LogP contribution >= 0.6 is 23.4 Å². The fraction of sp³-hybridized carbons (Fsp3) is 0.320. The lowest BCUT2D eigenvalue weighted by atomic mass is 9.93. The molecular formula is C25H24ClF3N4O2S. The molecule has 4 rings (SSSR count). The number of nitrogens with two attached hydrogens (primary N) is 1. The molecule has 0 unspecified atom stereocenters.